The van der Waals surface area contributed by atoms with Gasteiger partial charge in [-0.2, -0.15) is 4.72 Å². The average Bonchev–Trinajstić information content (AvgIpc) is 3.24. The monoisotopic (exact) mass is 850 g/mol. The third kappa shape index (κ3) is 11.2. The minimum Gasteiger partial charge on any atom is -0.392 e. The van der Waals surface area contributed by atoms with Gasteiger partial charge in [-0.1, -0.05) is 104 Å². The van der Waals surface area contributed by atoms with Crippen LogP contribution >= 0.6 is 0 Å². The van der Waals surface area contributed by atoms with Crippen molar-refractivity contribution in [1.29, 1.82) is 0 Å². The van der Waals surface area contributed by atoms with Crippen LogP contribution < -0.4 is 15.4 Å². The van der Waals surface area contributed by atoms with E-state index in [0.717, 1.165) is 47.9 Å². The molecule has 0 bridgehead atoms. The Hall–Kier alpha value is -4.43. The SMILES string of the molecule is Cc1ccc(S(=O)(=O)NC(Cc2ccccc2)C(=O)Nc2cccc(C3OC(CN4C(C(=O)NC(C)(C)C)CCC5CCCCC54)C(C)C(c4ccc(CO)cc4)O3)c2)cc1. The number of aliphatic hydroxyl groups is 1. The lowest BCUT2D eigenvalue weighted by atomic mass is 9.75. The molecule has 2 saturated heterocycles. The van der Waals surface area contributed by atoms with Crippen LogP contribution in [0.4, 0.5) is 5.69 Å². The Bertz CT molecular complexity index is 2210. The van der Waals surface area contributed by atoms with Crippen LogP contribution in [0.25, 0.3) is 0 Å². The van der Waals surface area contributed by atoms with Crippen molar-refractivity contribution in [3.05, 3.63) is 131 Å². The molecule has 4 aromatic carbocycles. The molecule has 2 heterocycles. The molecule has 3 aliphatic rings. The normalized spacial score (nSPS) is 25.2. The highest BCUT2D eigenvalue weighted by Gasteiger charge is 2.46. The molecule has 1 aliphatic carbocycles. The van der Waals surface area contributed by atoms with Gasteiger partial charge in [0.1, 0.15) is 6.04 Å². The number of aliphatic hydroxyl groups excluding tert-OH is 1. The first-order valence-electron chi connectivity index (χ1n) is 21.8. The zero-order chi connectivity index (χ0) is 43.3. The molecule has 4 aromatic rings. The number of likely N-dealkylation sites (tertiary alicyclic amines) is 1. The van der Waals surface area contributed by atoms with E-state index in [1.165, 1.54) is 25.0 Å². The van der Waals surface area contributed by atoms with Crippen molar-refractivity contribution < 1.29 is 32.6 Å². The summed E-state index contributed by atoms with van der Waals surface area (Å²) in [6, 6.07) is 29.8. The van der Waals surface area contributed by atoms with Crippen molar-refractivity contribution in [3.8, 4) is 0 Å². The maximum absolute atomic E-state index is 14.1. The quantitative estimate of drug-likeness (QED) is 0.107. The molecule has 3 fully saturated rings. The molecular weight excluding hydrogens is 789 g/mol. The molecule has 2 amide bonds. The number of piperidine rings is 1. The molecule has 11 nitrogen and oxygen atoms in total. The molecule has 61 heavy (non-hydrogen) atoms. The summed E-state index contributed by atoms with van der Waals surface area (Å²) >= 11 is 0. The van der Waals surface area contributed by atoms with Gasteiger partial charge in [0.15, 0.2) is 6.29 Å². The summed E-state index contributed by atoms with van der Waals surface area (Å²) in [5.41, 5.74) is 4.26. The first-order valence-corrected chi connectivity index (χ1v) is 23.3. The van der Waals surface area contributed by atoms with Gasteiger partial charge in [0.2, 0.25) is 21.8 Å². The highest BCUT2D eigenvalue weighted by Crippen LogP contribution is 2.44. The van der Waals surface area contributed by atoms with Gasteiger partial charge in [0.25, 0.3) is 0 Å². The molecule has 4 N–H and O–H groups in total. The zero-order valence-electron chi connectivity index (χ0n) is 36.0. The standard InChI is InChI=1S/C49H62N4O7S/c1-32-18-25-40(26-19-32)61(57,58)52-41(28-34-12-7-6-8-13-34)46(55)50-39-16-11-15-38(29-39)48-59-44(33(2)45(60-48)37-22-20-35(31-54)21-23-37)30-53-42-17-10-9-14-36(42)24-27-43(53)47(56)51-49(3,4)5/h6-8,11-13,15-16,18-23,25-26,29,33,36,41-45,48,52,54H,9-10,14,17,24,27-28,30-31H2,1-5H3,(H,50,55)(H,51,56). The van der Waals surface area contributed by atoms with Crippen LogP contribution in [0.2, 0.25) is 0 Å². The minimum absolute atomic E-state index is 0.0547. The summed E-state index contributed by atoms with van der Waals surface area (Å²) in [6.45, 7) is 10.6. The number of carbonyl (C=O) groups is 2. The van der Waals surface area contributed by atoms with Gasteiger partial charge in [-0.25, -0.2) is 8.42 Å². The van der Waals surface area contributed by atoms with Crippen molar-refractivity contribution in [1.82, 2.24) is 14.9 Å². The highest BCUT2D eigenvalue weighted by molar-refractivity contribution is 7.89. The summed E-state index contributed by atoms with van der Waals surface area (Å²) < 4.78 is 43.6. The number of nitrogens with zero attached hydrogens (tertiary/aromatic N) is 1. The predicted octanol–water partition coefficient (Wildman–Crippen LogP) is 7.74. The average molecular weight is 851 g/mol. The molecule has 12 heteroatoms. The van der Waals surface area contributed by atoms with Crippen molar-refractivity contribution in [2.45, 2.75) is 133 Å². The van der Waals surface area contributed by atoms with Gasteiger partial charge in [-0.05, 0) is 107 Å². The summed E-state index contributed by atoms with van der Waals surface area (Å²) in [4.78, 5) is 30.6. The first kappa shape index (κ1) is 44.6. The molecule has 326 valence electrons. The molecule has 8 unspecified atom stereocenters. The number of carbonyl (C=O) groups excluding carboxylic acids is 2. The molecule has 1 saturated carbocycles. The van der Waals surface area contributed by atoms with Gasteiger partial charge >= 0.3 is 0 Å². The number of hydrogen-bond acceptors (Lipinski definition) is 8. The number of anilines is 1. The van der Waals surface area contributed by atoms with E-state index in [1.807, 2.05) is 100 Å². The van der Waals surface area contributed by atoms with Crippen molar-refractivity contribution >= 4 is 27.5 Å². The minimum atomic E-state index is -4.04. The number of hydrogen-bond donors (Lipinski definition) is 4. The number of amides is 2. The molecule has 0 radical (unpaired) electrons. The highest BCUT2D eigenvalue weighted by atomic mass is 32.2. The van der Waals surface area contributed by atoms with Crippen molar-refractivity contribution in [2.75, 3.05) is 11.9 Å². The first-order chi connectivity index (χ1) is 29.2. The third-order valence-electron chi connectivity index (χ3n) is 12.5. The van der Waals surface area contributed by atoms with E-state index in [-0.39, 0.29) is 59.6 Å². The van der Waals surface area contributed by atoms with Gasteiger partial charge in [0, 0.05) is 35.3 Å². The summed E-state index contributed by atoms with van der Waals surface area (Å²) in [5.74, 6) is -0.0244. The van der Waals surface area contributed by atoms with E-state index in [2.05, 4.69) is 27.2 Å². The molecule has 8 atom stereocenters. The molecule has 0 aromatic heterocycles. The summed E-state index contributed by atoms with van der Waals surface area (Å²) in [7, 11) is -4.04. The van der Waals surface area contributed by atoms with Crippen LogP contribution in [0.15, 0.2) is 108 Å². The van der Waals surface area contributed by atoms with Crippen molar-refractivity contribution in [3.63, 3.8) is 0 Å². The largest absolute Gasteiger partial charge is 0.392 e. The van der Waals surface area contributed by atoms with E-state index >= 15 is 0 Å². The molecule has 7 rings (SSSR count). The lowest BCUT2D eigenvalue weighted by Crippen LogP contribution is -2.61. The maximum atomic E-state index is 14.1. The number of ether oxygens (including phenoxy) is 2. The summed E-state index contributed by atoms with van der Waals surface area (Å²) in [5, 5.41) is 16.1. The zero-order valence-corrected chi connectivity index (χ0v) is 36.9. The fraction of sp³-hybridized carbons (Fsp3) is 0.469. The Morgan fingerprint density at radius 1 is 0.836 bits per heavy atom. The van der Waals surface area contributed by atoms with Crippen LogP contribution in [0.1, 0.15) is 106 Å². The van der Waals surface area contributed by atoms with Crippen LogP contribution in [0, 0.1) is 18.8 Å². The molecule has 0 spiro atoms. The number of nitrogens with one attached hydrogen (secondary N) is 3. The maximum Gasteiger partial charge on any atom is 0.242 e. The Kier molecular flexibility index (Phi) is 14.1. The van der Waals surface area contributed by atoms with E-state index in [9.17, 15) is 23.1 Å². The molecule has 2 aliphatic heterocycles. The number of aryl methyl sites for hydroxylation is 1. The number of benzene rings is 4. The smallest absolute Gasteiger partial charge is 0.242 e. The van der Waals surface area contributed by atoms with Crippen LogP contribution in [0.3, 0.4) is 0 Å². The number of sulfonamides is 1. The lowest BCUT2D eigenvalue weighted by Gasteiger charge is -2.51. The predicted molar refractivity (Wildman–Crippen MR) is 237 cm³/mol. The van der Waals surface area contributed by atoms with Gasteiger partial charge in [-0.3, -0.25) is 14.5 Å². The Balaban J connectivity index is 1.17. The Labute approximate surface area is 361 Å². The van der Waals surface area contributed by atoms with Gasteiger partial charge < -0.3 is 25.2 Å². The molecular formula is C49H62N4O7S. The lowest BCUT2D eigenvalue weighted by molar-refractivity contribution is -0.278. The number of fused-ring (bicyclic) bond motifs is 1. The van der Waals surface area contributed by atoms with E-state index in [0.29, 0.717) is 23.7 Å². The fourth-order valence-electron chi connectivity index (χ4n) is 9.27. The second kappa shape index (κ2) is 19.3. The van der Waals surface area contributed by atoms with E-state index < -0.39 is 28.3 Å². The Morgan fingerprint density at radius 2 is 1.56 bits per heavy atom. The van der Waals surface area contributed by atoms with Crippen LogP contribution in [-0.2, 0) is 42.1 Å². The van der Waals surface area contributed by atoms with Crippen molar-refractivity contribution in [2.24, 2.45) is 11.8 Å². The van der Waals surface area contributed by atoms with Crippen LogP contribution in [-0.4, -0.2) is 66.6 Å². The number of rotatable bonds is 13. The van der Waals surface area contributed by atoms with E-state index in [1.54, 1.807) is 18.2 Å². The van der Waals surface area contributed by atoms with E-state index in [4.69, 9.17) is 9.47 Å². The fourth-order valence-corrected chi connectivity index (χ4v) is 10.5. The van der Waals surface area contributed by atoms with Gasteiger partial charge in [0.05, 0.1) is 29.8 Å². The second-order valence-corrected chi connectivity index (χ2v) is 20.0. The van der Waals surface area contributed by atoms with Crippen LogP contribution in [0.5, 0.6) is 0 Å². The second-order valence-electron chi connectivity index (χ2n) is 18.3. The topological polar surface area (TPSA) is 146 Å². The van der Waals surface area contributed by atoms with Gasteiger partial charge in [-0.15, -0.1) is 0 Å². The summed E-state index contributed by atoms with van der Waals surface area (Å²) in [6.07, 6.45) is 5.00. The third-order valence-corrected chi connectivity index (χ3v) is 14.0. The Morgan fingerprint density at radius 3 is 2.26 bits per heavy atom.